The Morgan fingerprint density at radius 3 is 2.29 bits per heavy atom. The molecule has 2 rings (SSSR count). The number of hydrogen-bond donors (Lipinski definition) is 1. The molecule has 0 heterocycles. The number of halogens is 1. The molecule has 8 heteroatoms. The Bertz CT molecular complexity index is 795. The summed E-state index contributed by atoms with van der Waals surface area (Å²) < 4.78 is 55.6. The van der Waals surface area contributed by atoms with Gasteiger partial charge in [0.1, 0.15) is 6.61 Å². The Kier molecular flexibility index (Phi) is 5.99. The first-order chi connectivity index (χ1) is 11.5. The molecular formula is C16H18FNO5S. The van der Waals surface area contributed by atoms with Gasteiger partial charge in [0.15, 0.2) is 23.1 Å². The van der Waals surface area contributed by atoms with E-state index in [-0.39, 0.29) is 23.8 Å². The van der Waals surface area contributed by atoms with Crippen LogP contribution in [-0.4, -0.2) is 35.8 Å². The molecule has 1 N–H and O–H groups in total. The summed E-state index contributed by atoms with van der Waals surface area (Å²) in [6.45, 7) is 0.117. The normalized spacial score (nSPS) is 11.1. The number of nitrogens with one attached hydrogen (secondary N) is 1. The molecule has 0 saturated heterocycles. The number of sulfonamides is 1. The Balaban J connectivity index is 1.94. The molecule has 0 unspecified atom stereocenters. The van der Waals surface area contributed by atoms with E-state index in [1.54, 1.807) is 24.3 Å². The predicted molar refractivity (Wildman–Crippen MR) is 86.6 cm³/mol. The molecule has 0 aliphatic carbocycles. The third kappa shape index (κ3) is 4.36. The molecule has 0 aromatic heterocycles. The number of rotatable bonds is 8. The van der Waals surface area contributed by atoms with Crippen molar-refractivity contribution in [1.82, 2.24) is 4.72 Å². The molecule has 0 aliphatic rings. The van der Waals surface area contributed by atoms with Crippen molar-refractivity contribution in [3.63, 3.8) is 0 Å². The van der Waals surface area contributed by atoms with Crippen molar-refractivity contribution in [2.75, 3.05) is 27.4 Å². The second-order valence-electron chi connectivity index (χ2n) is 4.69. The van der Waals surface area contributed by atoms with E-state index in [9.17, 15) is 12.8 Å². The molecule has 130 valence electrons. The SMILES string of the molecule is COc1ccc(S(=O)(=O)NCCOc2ccccc2OC)cc1F. The maximum Gasteiger partial charge on any atom is 0.240 e. The first-order valence-corrected chi connectivity index (χ1v) is 8.55. The average Bonchev–Trinajstić information content (AvgIpc) is 2.59. The molecule has 0 spiro atoms. The van der Waals surface area contributed by atoms with Gasteiger partial charge in [-0.1, -0.05) is 12.1 Å². The van der Waals surface area contributed by atoms with Gasteiger partial charge in [0.2, 0.25) is 10.0 Å². The highest BCUT2D eigenvalue weighted by atomic mass is 32.2. The van der Waals surface area contributed by atoms with Crippen LogP contribution < -0.4 is 18.9 Å². The molecule has 0 fully saturated rings. The van der Waals surface area contributed by atoms with E-state index in [0.717, 1.165) is 6.07 Å². The number of ether oxygens (including phenoxy) is 3. The lowest BCUT2D eigenvalue weighted by atomic mass is 10.3. The lowest BCUT2D eigenvalue weighted by Crippen LogP contribution is -2.28. The van der Waals surface area contributed by atoms with Crippen LogP contribution in [0.15, 0.2) is 47.4 Å². The fourth-order valence-electron chi connectivity index (χ4n) is 1.97. The maximum atomic E-state index is 13.6. The first-order valence-electron chi connectivity index (χ1n) is 7.07. The summed E-state index contributed by atoms with van der Waals surface area (Å²) >= 11 is 0. The summed E-state index contributed by atoms with van der Waals surface area (Å²) in [5, 5.41) is 0. The topological polar surface area (TPSA) is 73.9 Å². The van der Waals surface area contributed by atoms with Gasteiger partial charge in [-0.25, -0.2) is 17.5 Å². The maximum absolute atomic E-state index is 13.6. The molecule has 6 nitrogen and oxygen atoms in total. The van der Waals surface area contributed by atoms with Crippen LogP contribution in [0.5, 0.6) is 17.2 Å². The average molecular weight is 355 g/mol. The molecule has 24 heavy (non-hydrogen) atoms. The molecule has 0 amide bonds. The van der Waals surface area contributed by atoms with E-state index in [1.807, 2.05) is 0 Å². The van der Waals surface area contributed by atoms with Gasteiger partial charge in [-0.3, -0.25) is 0 Å². The van der Waals surface area contributed by atoms with Gasteiger partial charge in [0, 0.05) is 6.54 Å². The lowest BCUT2D eigenvalue weighted by Gasteiger charge is -2.11. The number of hydrogen-bond acceptors (Lipinski definition) is 5. The Labute approximate surface area is 140 Å². The number of methoxy groups -OCH3 is 2. The molecule has 0 atom stereocenters. The van der Waals surface area contributed by atoms with Gasteiger partial charge in [0.25, 0.3) is 0 Å². The predicted octanol–water partition coefficient (Wildman–Crippen LogP) is 2.20. The molecule has 0 radical (unpaired) electrons. The number of para-hydroxylation sites is 2. The van der Waals surface area contributed by atoms with E-state index < -0.39 is 15.8 Å². The van der Waals surface area contributed by atoms with Gasteiger partial charge in [-0.05, 0) is 30.3 Å². The molecule has 2 aromatic carbocycles. The minimum absolute atomic E-state index is 0.0199. The van der Waals surface area contributed by atoms with Gasteiger partial charge in [-0.15, -0.1) is 0 Å². The monoisotopic (exact) mass is 355 g/mol. The van der Waals surface area contributed by atoms with Gasteiger partial charge in [-0.2, -0.15) is 0 Å². The Morgan fingerprint density at radius 1 is 1.00 bits per heavy atom. The van der Waals surface area contributed by atoms with Crippen LogP contribution in [0.1, 0.15) is 0 Å². The van der Waals surface area contributed by atoms with Crippen LogP contribution in [0.2, 0.25) is 0 Å². The molecule has 0 aliphatic heterocycles. The second-order valence-corrected chi connectivity index (χ2v) is 6.46. The van der Waals surface area contributed by atoms with Gasteiger partial charge in [0.05, 0.1) is 19.1 Å². The zero-order valence-electron chi connectivity index (χ0n) is 13.3. The summed E-state index contributed by atoms with van der Waals surface area (Å²) in [4.78, 5) is -0.182. The highest BCUT2D eigenvalue weighted by Gasteiger charge is 2.16. The molecule has 2 aromatic rings. The van der Waals surface area contributed by atoms with Crippen LogP contribution in [0.4, 0.5) is 4.39 Å². The fourth-order valence-corrected chi connectivity index (χ4v) is 3.00. The summed E-state index contributed by atoms with van der Waals surface area (Å²) in [7, 11) is -1.01. The van der Waals surface area contributed by atoms with Crippen molar-refractivity contribution in [1.29, 1.82) is 0 Å². The van der Waals surface area contributed by atoms with E-state index in [2.05, 4.69) is 4.72 Å². The highest BCUT2D eigenvalue weighted by Crippen LogP contribution is 2.25. The molecule has 0 saturated carbocycles. The summed E-state index contributed by atoms with van der Waals surface area (Å²) in [6.07, 6.45) is 0. The van der Waals surface area contributed by atoms with Crippen molar-refractivity contribution in [3.05, 3.63) is 48.3 Å². The van der Waals surface area contributed by atoms with E-state index >= 15 is 0 Å². The van der Waals surface area contributed by atoms with E-state index in [1.165, 1.54) is 26.4 Å². The summed E-state index contributed by atoms with van der Waals surface area (Å²) in [5.41, 5.74) is 0. The molecular weight excluding hydrogens is 337 g/mol. The fraction of sp³-hybridized carbons (Fsp3) is 0.250. The standard InChI is InChI=1S/C16H18FNO5S/c1-21-14-8-7-12(11-13(14)17)24(19,20)18-9-10-23-16-6-4-3-5-15(16)22-2/h3-8,11,18H,9-10H2,1-2H3. The third-order valence-electron chi connectivity index (χ3n) is 3.15. The summed E-state index contributed by atoms with van der Waals surface area (Å²) in [5.74, 6) is 0.298. The largest absolute Gasteiger partial charge is 0.494 e. The first kappa shape index (κ1) is 18.0. The van der Waals surface area contributed by atoms with Crippen LogP contribution >= 0.6 is 0 Å². The van der Waals surface area contributed by atoms with Crippen molar-refractivity contribution in [2.45, 2.75) is 4.90 Å². The van der Waals surface area contributed by atoms with Crippen LogP contribution in [-0.2, 0) is 10.0 Å². The van der Waals surface area contributed by atoms with Crippen molar-refractivity contribution in [2.24, 2.45) is 0 Å². The van der Waals surface area contributed by atoms with Crippen LogP contribution in [0, 0.1) is 5.82 Å². The zero-order valence-corrected chi connectivity index (χ0v) is 14.1. The van der Waals surface area contributed by atoms with E-state index in [4.69, 9.17) is 14.2 Å². The van der Waals surface area contributed by atoms with Crippen molar-refractivity contribution < 1.29 is 27.0 Å². The quantitative estimate of drug-likeness (QED) is 0.735. The van der Waals surface area contributed by atoms with Crippen molar-refractivity contribution >= 4 is 10.0 Å². The van der Waals surface area contributed by atoms with Crippen LogP contribution in [0.3, 0.4) is 0 Å². The Morgan fingerprint density at radius 2 is 1.67 bits per heavy atom. The number of benzene rings is 2. The van der Waals surface area contributed by atoms with Crippen LogP contribution in [0.25, 0.3) is 0 Å². The minimum atomic E-state index is -3.83. The summed E-state index contributed by atoms with van der Waals surface area (Å²) in [6, 6.07) is 10.5. The smallest absolute Gasteiger partial charge is 0.240 e. The third-order valence-corrected chi connectivity index (χ3v) is 4.61. The van der Waals surface area contributed by atoms with Gasteiger partial charge < -0.3 is 14.2 Å². The van der Waals surface area contributed by atoms with Crippen molar-refractivity contribution in [3.8, 4) is 17.2 Å². The molecule has 0 bridgehead atoms. The Hall–Kier alpha value is -2.32. The minimum Gasteiger partial charge on any atom is -0.494 e. The zero-order chi connectivity index (χ0) is 17.6. The van der Waals surface area contributed by atoms with Gasteiger partial charge >= 0.3 is 0 Å². The lowest BCUT2D eigenvalue weighted by molar-refractivity contribution is 0.298. The highest BCUT2D eigenvalue weighted by molar-refractivity contribution is 7.89. The second kappa shape index (κ2) is 7.98. The van der Waals surface area contributed by atoms with E-state index in [0.29, 0.717) is 11.5 Å².